The van der Waals surface area contributed by atoms with Crippen molar-refractivity contribution in [1.82, 2.24) is 15.0 Å². The number of aliphatic hydroxyl groups is 1. The number of likely N-dealkylation sites (tertiary alicyclic amines) is 1. The highest BCUT2D eigenvalue weighted by atomic mass is 16.5. The summed E-state index contributed by atoms with van der Waals surface area (Å²) in [4.78, 5) is 7.00. The lowest BCUT2D eigenvalue weighted by Gasteiger charge is -2.29. The summed E-state index contributed by atoms with van der Waals surface area (Å²) in [5.41, 5.74) is 0.902. The van der Waals surface area contributed by atoms with Gasteiger partial charge in [-0.2, -0.15) is 4.98 Å². The van der Waals surface area contributed by atoms with Crippen molar-refractivity contribution in [2.75, 3.05) is 32.8 Å². The lowest BCUT2D eigenvalue weighted by molar-refractivity contribution is 0.195. The SMILES string of the molecule is CCN1CCCC(c2nc(-c3ccc(OCCO)cc3)no2)C1. The van der Waals surface area contributed by atoms with Crippen molar-refractivity contribution in [2.45, 2.75) is 25.7 Å². The van der Waals surface area contributed by atoms with Crippen molar-refractivity contribution in [3.05, 3.63) is 30.2 Å². The van der Waals surface area contributed by atoms with Gasteiger partial charge in [0.2, 0.25) is 11.7 Å². The number of nitrogens with zero attached hydrogens (tertiary/aromatic N) is 3. The molecule has 0 spiro atoms. The molecular weight excluding hydrogens is 294 g/mol. The Kier molecular flexibility index (Phi) is 5.25. The fraction of sp³-hybridized carbons (Fsp3) is 0.529. The highest BCUT2D eigenvalue weighted by molar-refractivity contribution is 5.55. The van der Waals surface area contributed by atoms with Gasteiger partial charge in [0.15, 0.2) is 0 Å². The highest BCUT2D eigenvalue weighted by Crippen LogP contribution is 2.27. The molecule has 1 aromatic carbocycles. The van der Waals surface area contributed by atoms with Crippen molar-refractivity contribution < 1.29 is 14.4 Å². The molecule has 0 radical (unpaired) electrons. The summed E-state index contributed by atoms with van der Waals surface area (Å²) in [7, 11) is 0. The first-order chi connectivity index (χ1) is 11.3. The van der Waals surface area contributed by atoms with E-state index in [2.05, 4.69) is 22.0 Å². The van der Waals surface area contributed by atoms with Crippen LogP contribution in [0.1, 0.15) is 31.6 Å². The summed E-state index contributed by atoms with van der Waals surface area (Å²) < 4.78 is 10.8. The van der Waals surface area contributed by atoms with E-state index < -0.39 is 0 Å². The molecule has 3 rings (SSSR count). The van der Waals surface area contributed by atoms with E-state index in [0.29, 0.717) is 18.3 Å². The summed E-state index contributed by atoms with van der Waals surface area (Å²) in [5.74, 6) is 2.40. The van der Waals surface area contributed by atoms with Gasteiger partial charge >= 0.3 is 0 Å². The van der Waals surface area contributed by atoms with Crippen LogP contribution < -0.4 is 4.74 Å². The second-order valence-electron chi connectivity index (χ2n) is 5.79. The number of aliphatic hydroxyl groups excluding tert-OH is 1. The molecule has 1 N–H and O–H groups in total. The van der Waals surface area contributed by atoms with Crippen molar-refractivity contribution in [3.8, 4) is 17.1 Å². The van der Waals surface area contributed by atoms with Gasteiger partial charge < -0.3 is 19.3 Å². The molecule has 124 valence electrons. The van der Waals surface area contributed by atoms with Crippen LogP contribution in [0.25, 0.3) is 11.4 Å². The molecule has 0 aliphatic carbocycles. The molecule has 1 aliphatic rings. The van der Waals surface area contributed by atoms with E-state index in [0.717, 1.165) is 43.3 Å². The first kappa shape index (κ1) is 16.0. The third-order valence-corrected chi connectivity index (χ3v) is 4.22. The second kappa shape index (κ2) is 7.57. The van der Waals surface area contributed by atoms with E-state index >= 15 is 0 Å². The predicted molar refractivity (Wildman–Crippen MR) is 86.4 cm³/mol. The van der Waals surface area contributed by atoms with Crippen LogP contribution in [0.4, 0.5) is 0 Å². The fourth-order valence-electron chi connectivity index (χ4n) is 2.93. The Bertz CT molecular complexity index is 612. The van der Waals surface area contributed by atoms with E-state index in [1.807, 2.05) is 24.3 Å². The van der Waals surface area contributed by atoms with Gasteiger partial charge in [0.1, 0.15) is 12.4 Å². The highest BCUT2D eigenvalue weighted by Gasteiger charge is 2.25. The van der Waals surface area contributed by atoms with Gasteiger partial charge in [0, 0.05) is 12.1 Å². The molecule has 23 heavy (non-hydrogen) atoms. The van der Waals surface area contributed by atoms with Gasteiger partial charge in [-0.3, -0.25) is 0 Å². The quantitative estimate of drug-likeness (QED) is 0.881. The minimum absolute atomic E-state index is 0.00607. The Hall–Kier alpha value is -1.92. The monoisotopic (exact) mass is 317 g/mol. The van der Waals surface area contributed by atoms with Crippen LogP contribution in [0.15, 0.2) is 28.8 Å². The topological polar surface area (TPSA) is 71.6 Å². The van der Waals surface area contributed by atoms with Crippen LogP contribution in [0.2, 0.25) is 0 Å². The molecule has 2 heterocycles. The maximum atomic E-state index is 8.76. The number of likely N-dealkylation sites (N-methyl/N-ethyl adjacent to an activating group) is 1. The molecule has 1 aromatic heterocycles. The lowest BCUT2D eigenvalue weighted by atomic mass is 9.98. The third-order valence-electron chi connectivity index (χ3n) is 4.22. The van der Waals surface area contributed by atoms with Crippen molar-refractivity contribution in [1.29, 1.82) is 0 Å². The standard InChI is InChI=1S/C17H23N3O3/c1-2-20-9-3-4-14(12-20)17-18-16(19-23-17)13-5-7-15(8-6-13)22-11-10-21/h5-8,14,21H,2-4,9-12H2,1H3. The second-order valence-corrected chi connectivity index (χ2v) is 5.79. The molecule has 1 unspecified atom stereocenters. The van der Waals surface area contributed by atoms with E-state index in [-0.39, 0.29) is 6.61 Å². The predicted octanol–water partition coefficient (Wildman–Crippen LogP) is 2.31. The number of piperidine rings is 1. The van der Waals surface area contributed by atoms with E-state index in [1.165, 1.54) is 6.42 Å². The van der Waals surface area contributed by atoms with E-state index in [9.17, 15) is 0 Å². The number of benzene rings is 1. The summed E-state index contributed by atoms with van der Waals surface area (Å²) in [6.45, 7) is 5.69. The molecule has 1 atom stereocenters. The zero-order chi connectivity index (χ0) is 16.1. The minimum atomic E-state index is 0.00607. The molecule has 0 saturated carbocycles. The maximum absolute atomic E-state index is 8.76. The van der Waals surface area contributed by atoms with Gasteiger partial charge in [-0.15, -0.1) is 0 Å². The van der Waals surface area contributed by atoms with Crippen LogP contribution in [0.3, 0.4) is 0 Å². The van der Waals surface area contributed by atoms with Gasteiger partial charge in [-0.25, -0.2) is 0 Å². The largest absolute Gasteiger partial charge is 0.491 e. The normalized spacial score (nSPS) is 19.0. The van der Waals surface area contributed by atoms with Crippen LogP contribution in [0.5, 0.6) is 5.75 Å². The van der Waals surface area contributed by atoms with Crippen molar-refractivity contribution in [2.24, 2.45) is 0 Å². The zero-order valence-electron chi connectivity index (χ0n) is 13.4. The van der Waals surface area contributed by atoms with Crippen molar-refractivity contribution >= 4 is 0 Å². The average molecular weight is 317 g/mol. The number of ether oxygens (including phenoxy) is 1. The smallest absolute Gasteiger partial charge is 0.231 e. The number of hydrogen-bond donors (Lipinski definition) is 1. The fourth-order valence-corrected chi connectivity index (χ4v) is 2.93. The Labute approximate surface area is 136 Å². The molecular formula is C17H23N3O3. The zero-order valence-corrected chi connectivity index (χ0v) is 13.4. The molecule has 0 bridgehead atoms. The van der Waals surface area contributed by atoms with Crippen LogP contribution in [-0.2, 0) is 0 Å². The number of rotatable bonds is 6. The molecule has 2 aromatic rings. The summed E-state index contributed by atoms with van der Waals surface area (Å²) in [6, 6.07) is 7.50. The summed E-state index contributed by atoms with van der Waals surface area (Å²) in [6.07, 6.45) is 2.28. The molecule has 1 aliphatic heterocycles. The number of hydrogen-bond acceptors (Lipinski definition) is 6. The van der Waals surface area contributed by atoms with Crippen LogP contribution in [-0.4, -0.2) is 53.0 Å². The lowest BCUT2D eigenvalue weighted by Crippen LogP contribution is -2.34. The van der Waals surface area contributed by atoms with Crippen LogP contribution >= 0.6 is 0 Å². The molecule has 6 heteroatoms. The molecule has 6 nitrogen and oxygen atoms in total. The molecule has 1 fully saturated rings. The van der Waals surface area contributed by atoms with E-state index in [1.54, 1.807) is 0 Å². The Morgan fingerprint density at radius 1 is 1.35 bits per heavy atom. The number of aromatic nitrogens is 2. The first-order valence-corrected chi connectivity index (χ1v) is 8.20. The maximum Gasteiger partial charge on any atom is 0.231 e. The first-order valence-electron chi connectivity index (χ1n) is 8.20. The third kappa shape index (κ3) is 3.89. The van der Waals surface area contributed by atoms with Gasteiger partial charge in [0.05, 0.1) is 12.5 Å². The van der Waals surface area contributed by atoms with Gasteiger partial charge in [0.25, 0.3) is 0 Å². The Balaban J connectivity index is 1.69. The van der Waals surface area contributed by atoms with Crippen LogP contribution in [0, 0.1) is 0 Å². The van der Waals surface area contributed by atoms with E-state index in [4.69, 9.17) is 14.4 Å². The van der Waals surface area contributed by atoms with Gasteiger partial charge in [-0.05, 0) is 50.2 Å². The molecule has 1 saturated heterocycles. The van der Waals surface area contributed by atoms with Gasteiger partial charge in [-0.1, -0.05) is 12.1 Å². The average Bonchev–Trinajstić information content (AvgIpc) is 3.10. The Morgan fingerprint density at radius 2 is 2.17 bits per heavy atom. The molecule has 0 amide bonds. The van der Waals surface area contributed by atoms with Crippen molar-refractivity contribution in [3.63, 3.8) is 0 Å². The Morgan fingerprint density at radius 3 is 2.91 bits per heavy atom. The summed E-state index contributed by atoms with van der Waals surface area (Å²) >= 11 is 0. The minimum Gasteiger partial charge on any atom is -0.491 e. The summed E-state index contributed by atoms with van der Waals surface area (Å²) in [5, 5.41) is 12.9.